The number of ether oxygens (including phenoxy) is 1. The second-order valence-electron chi connectivity index (χ2n) is 4.66. The van der Waals surface area contributed by atoms with Crippen LogP contribution in [-0.2, 0) is 7.05 Å². The van der Waals surface area contributed by atoms with Gasteiger partial charge >= 0.3 is 0 Å². The lowest BCUT2D eigenvalue weighted by molar-refractivity contribution is 0.233. The van der Waals surface area contributed by atoms with E-state index in [0.717, 1.165) is 21.7 Å². The van der Waals surface area contributed by atoms with E-state index in [1.165, 1.54) is 0 Å². The summed E-state index contributed by atoms with van der Waals surface area (Å²) in [6.45, 7) is 3.99. The second-order valence-corrected chi connectivity index (χ2v) is 5.60. The Hall–Kier alpha value is -1.88. The summed E-state index contributed by atoms with van der Waals surface area (Å²) in [6, 6.07) is 6.02. The molecule has 0 spiro atoms. The van der Waals surface area contributed by atoms with E-state index in [1.807, 2.05) is 55.2 Å². The highest BCUT2D eigenvalue weighted by atomic mass is 32.1. The largest absolute Gasteiger partial charge is 0.473 e. The summed E-state index contributed by atoms with van der Waals surface area (Å²) in [6.07, 6.45) is 2.04. The Morgan fingerprint density at radius 2 is 2.11 bits per heavy atom. The van der Waals surface area contributed by atoms with Crippen LogP contribution in [0.3, 0.4) is 0 Å². The lowest BCUT2D eigenvalue weighted by atomic mass is 10.3. The third kappa shape index (κ3) is 2.21. The zero-order chi connectivity index (χ0) is 13.4. The molecule has 0 fully saturated rings. The quantitative estimate of drug-likeness (QED) is 0.733. The van der Waals surface area contributed by atoms with Crippen LogP contribution in [0.5, 0.6) is 5.88 Å². The van der Waals surface area contributed by atoms with Crippen LogP contribution in [0, 0.1) is 0 Å². The van der Waals surface area contributed by atoms with Gasteiger partial charge in [-0.25, -0.2) is 4.98 Å². The number of rotatable bonds is 3. The summed E-state index contributed by atoms with van der Waals surface area (Å²) >= 11 is 1.64. The van der Waals surface area contributed by atoms with Crippen LogP contribution in [0.2, 0.25) is 0 Å². The zero-order valence-corrected chi connectivity index (χ0v) is 11.9. The van der Waals surface area contributed by atoms with Crippen LogP contribution in [0.25, 0.3) is 21.7 Å². The van der Waals surface area contributed by atoms with E-state index >= 15 is 0 Å². The van der Waals surface area contributed by atoms with Gasteiger partial charge in [-0.3, -0.25) is 0 Å². The van der Waals surface area contributed by atoms with Gasteiger partial charge in [0.25, 0.3) is 0 Å². The van der Waals surface area contributed by atoms with E-state index < -0.39 is 0 Å². The van der Waals surface area contributed by atoms with Gasteiger partial charge in [0, 0.05) is 13.2 Å². The Morgan fingerprint density at radius 3 is 2.79 bits per heavy atom. The van der Waals surface area contributed by atoms with Crippen LogP contribution in [0.1, 0.15) is 13.8 Å². The van der Waals surface area contributed by atoms with Gasteiger partial charge < -0.3 is 9.30 Å². The van der Waals surface area contributed by atoms with Crippen LogP contribution in [-0.4, -0.2) is 20.6 Å². The summed E-state index contributed by atoms with van der Waals surface area (Å²) in [7, 11) is 1.96. The van der Waals surface area contributed by atoms with Crippen molar-refractivity contribution in [3.8, 4) is 16.5 Å². The number of fused-ring (bicyclic) bond motifs is 1. The molecule has 0 aliphatic carbocycles. The first-order valence-electron chi connectivity index (χ1n) is 6.19. The molecule has 3 aromatic rings. The van der Waals surface area contributed by atoms with Crippen molar-refractivity contribution in [3.63, 3.8) is 0 Å². The maximum absolute atomic E-state index is 5.82. The fraction of sp³-hybridized carbons (Fsp3) is 0.286. The first-order chi connectivity index (χ1) is 9.15. The molecule has 0 saturated carbocycles. The average molecular weight is 273 g/mol. The molecule has 19 heavy (non-hydrogen) atoms. The van der Waals surface area contributed by atoms with Crippen molar-refractivity contribution in [3.05, 3.63) is 29.8 Å². The number of hydrogen-bond donors (Lipinski definition) is 0. The number of aryl methyl sites for hydroxylation is 1. The number of hydrogen-bond acceptors (Lipinski definition) is 4. The van der Waals surface area contributed by atoms with Crippen molar-refractivity contribution >= 4 is 22.5 Å². The molecule has 0 N–H and O–H groups in total. The molecule has 3 heterocycles. The molecule has 0 bridgehead atoms. The van der Waals surface area contributed by atoms with Crippen LogP contribution >= 0.6 is 11.3 Å². The fourth-order valence-corrected chi connectivity index (χ4v) is 2.63. The van der Waals surface area contributed by atoms with Crippen LogP contribution < -0.4 is 4.74 Å². The second kappa shape index (κ2) is 4.66. The maximum Gasteiger partial charge on any atom is 0.243 e. The number of aromatic nitrogens is 3. The molecule has 0 aliphatic heterocycles. The smallest absolute Gasteiger partial charge is 0.243 e. The third-order valence-electron chi connectivity index (χ3n) is 2.76. The topological polar surface area (TPSA) is 39.9 Å². The maximum atomic E-state index is 5.82. The molecule has 0 atom stereocenters. The molecule has 4 nitrogen and oxygen atoms in total. The predicted molar refractivity (Wildman–Crippen MR) is 77.6 cm³/mol. The minimum atomic E-state index is 0.0748. The first-order valence-corrected chi connectivity index (χ1v) is 7.06. The van der Waals surface area contributed by atoms with Crippen molar-refractivity contribution in [2.45, 2.75) is 20.0 Å². The summed E-state index contributed by atoms with van der Waals surface area (Å²) in [4.78, 5) is 10.4. The monoisotopic (exact) mass is 273 g/mol. The fourth-order valence-electron chi connectivity index (χ4n) is 1.93. The van der Waals surface area contributed by atoms with Crippen LogP contribution in [0.15, 0.2) is 29.8 Å². The summed E-state index contributed by atoms with van der Waals surface area (Å²) in [5.41, 5.74) is 2.56. The predicted octanol–water partition coefficient (Wildman–Crippen LogP) is 3.48. The van der Waals surface area contributed by atoms with Gasteiger partial charge in [-0.2, -0.15) is 4.98 Å². The number of thiophene rings is 1. The van der Waals surface area contributed by atoms with Gasteiger partial charge in [-0.15, -0.1) is 11.3 Å². The average Bonchev–Trinajstić information content (AvgIpc) is 2.99. The standard InChI is InChI=1S/C14H15N3OS/c1-9(2)18-14-12(11-5-4-8-19-11)15-10-6-7-17(3)13(10)16-14/h4-9H,1-3H3. The molecule has 0 radical (unpaired) electrons. The van der Waals surface area contributed by atoms with Gasteiger partial charge in [0.1, 0.15) is 11.2 Å². The lowest BCUT2D eigenvalue weighted by Gasteiger charge is -2.12. The molecule has 0 aliphatic rings. The molecule has 0 amide bonds. The molecule has 3 aromatic heterocycles. The highest BCUT2D eigenvalue weighted by molar-refractivity contribution is 7.13. The Balaban J connectivity index is 2.22. The highest BCUT2D eigenvalue weighted by Gasteiger charge is 2.15. The minimum Gasteiger partial charge on any atom is -0.473 e. The van der Waals surface area contributed by atoms with Gasteiger partial charge in [0.2, 0.25) is 5.88 Å². The van der Waals surface area contributed by atoms with E-state index in [4.69, 9.17) is 9.72 Å². The van der Waals surface area contributed by atoms with E-state index in [2.05, 4.69) is 4.98 Å². The number of nitrogens with zero attached hydrogens (tertiary/aromatic N) is 3. The molecule has 5 heteroatoms. The van der Waals surface area contributed by atoms with Gasteiger partial charge in [0.15, 0.2) is 5.65 Å². The zero-order valence-electron chi connectivity index (χ0n) is 11.1. The summed E-state index contributed by atoms with van der Waals surface area (Å²) in [5, 5.41) is 2.03. The Morgan fingerprint density at radius 1 is 1.26 bits per heavy atom. The van der Waals surface area contributed by atoms with E-state index in [9.17, 15) is 0 Å². The molecule has 0 unspecified atom stereocenters. The minimum absolute atomic E-state index is 0.0748. The SMILES string of the molecule is CC(C)Oc1nc2c(ccn2C)nc1-c1cccs1. The van der Waals surface area contributed by atoms with E-state index in [-0.39, 0.29) is 6.10 Å². The highest BCUT2D eigenvalue weighted by Crippen LogP contribution is 2.32. The summed E-state index contributed by atoms with van der Waals surface area (Å²) < 4.78 is 7.77. The van der Waals surface area contributed by atoms with Crippen molar-refractivity contribution in [2.24, 2.45) is 7.05 Å². The molecule has 0 saturated heterocycles. The Kier molecular flexibility index (Phi) is 2.98. The molecule has 0 aromatic carbocycles. The Bertz CT molecular complexity index is 701. The van der Waals surface area contributed by atoms with Crippen LogP contribution in [0.4, 0.5) is 0 Å². The summed E-state index contributed by atoms with van der Waals surface area (Å²) in [5.74, 6) is 0.603. The molecule has 3 rings (SSSR count). The van der Waals surface area contributed by atoms with Crippen molar-refractivity contribution in [1.29, 1.82) is 0 Å². The first kappa shape index (κ1) is 12.2. The Labute approximate surface area is 115 Å². The van der Waals surface area contributed by atoms with Crippen molar-refractivity contribution in [2.75, 3.05) is 0 Å². The normalized spacial score (nSPS) is 11.4. The van der Waals surface area contributed by atoms with Crippen molar-refractivity contribution in [1.82, 2.24) is 14.5 Å². The lowest BCUT2D eigenvalue weighted by Crippen LogP contribution is -2.09. The van der Waals surface area contributed by atoms with Gasteiger partial charge in [0.05, 0.1) is 11.0 Å². The van der Waals surface area contributed by atoms with Crippen molar-refractivity contribution < 1.29 is 4.74 Å². The molecular formula is C14H15N3OS. The van der Waals surface area contributed by atoms with Gasteiger partial charge in [-0.05, 0) is 31.4 Å². The molecule has 98 valence electrons. The third-order valence-corrected chi connectivity index (χ3v) is 3.64. The molecular weight excluding hydrogens is 258 g/mol. The van der Waals surface area contributed by atoms with E-state index in [0.29, 0.717) is 5.88 Å². The van der Waals surface area contributed by atoms with Gasteiger partial charge in [-0.1, -0.05) is 6.07 Å². The van der Waals surface area contributed by atoms with E-state index in [1.54, 1.807) is 11.3 Å².